The summed E-state index contributed by atoms with van der Waals surface area (Å²) >= 11 is 0. The highest BCUT2D eigenvalue weighted by Gasteiger charge is 2.30. The average Bonchev–Trinajstić information content (AvgIpc) is 2.29. The fourth-order valence-corrected chi connectivity index (χ4v) is 1.57. The van der Waals surface area contributed by atoms with Crippen molar-refractivity contribution in [1.82, 2.24) is 0 Å². The molecular formula is C13H16F2O3. The Hall–Kier alpha value is -1.65. The second-order valence-corrected chi connectivity index (χ2v) is 3.91. The van der Waals surface area contributed by atoms with Gasteiger partial charge in [-0.05, 0) is 37.6 Å². The number of carbonyl (C=O) groups is 1. The minimum atomic E-state index is -3.00. The number of aliphatic carboxylic acids is 1. The summed E-state index contributed by atoms with van der Waals surface area (Å²) in [4.78, 5) is 10.3. The van der Waals surface area contributed by atoms with Gasteiger partial charge in [0.05, 0.1) is 6.61 Å². The van der Waals surface area contributed by atoms with Crippen LogP contribution >= 0.6 is 0 Å². The maximum Gasteiger partial charge on any atom is 0.303 e. The molecule has 18 heavy (non-hydrogen) atoms. The molecule has 3 nitrogen and oxygen atoms in total. The molecule has 0 aliphatic heterocycles. The fraction of sp³-hybridized carbons (Fsp3) is 0.462. The molecule has 0 fully saturated rings. The van der Waals surface area contributed by atoms with E-state index in [-0.39, 0.29) is 18.4 Å². The number of halogens is 2. The lowest BCUT2D eigenvalue weighted by Crippen LogP contribution is -2.13. The Kier molecular flexibility index (Phi) is 5.07. The molecule has 0 unspecified atom stereocenters. The maximum atomic E-state index is 13.7. The van der Waals surface area contributed by atoms with Gasteiger partial charge in [-0.1, -0.05) is 0 Å². The van der Waals surface area contributed by atoms with E-state index in [1.165, 1.54) is 24.3 Å². The highest BCUT2D eigenvalue weighted by atomic mass is 19.3. The zero-order valence-corrected chi connectivity index (χ0v) is 10.2. The second kappa shape index (κ2) is 6.33. The number of alkyl halides is 2. The van der Waals surface area contributed by atoms with Crippen LogP contribution in [0.25, 0.3) is 0 Å². The number of hydrogen-bond acceptors (Lipinski definition) is 2. The Morgan fingerprint density at radius 1 is 1.33 bits per heavy atom. The zero-order chi connectivity index (χ0) is 13.6. The van der Waals surface area contributed by atoms with Crippen LogP contribution in [0.5, 0.6) is 5.75 Å². The van der Waals surface area contributed by atoms with E-state index in [0.717, 1.165) is 0 Å². The van der Waals surface area contributed by atoms with Crippen molar-refractivity contribution >= 4 is 5.97 Å². The van der Waals surface area contributed by atoms with E-state index in [2.05, 4.69) is 0 Å². The SMILES string of the molecule is CCOc1ccc(C(F)(F)CCCC(=O)O)cc1. The molecule has 0 saturated heterocycles. The third-order valence-electron chi connectivity index (χ3n) is 2.47. The van der Waals surface area contributed by atoms with Gasteiger partial charge in [0.1, 0.15) is 5.75 Å². The summed E-state index contributed by atoms with van der Waals surface area (Å²) < 4.78 is 32.5. The van der Waals surface area contributed by atoms with Gasteiger partial charge in [-0.25, -0.2) is 8.78 Å². The predicted octanol–water partition coefficient (Wildman–Crippen LogP) is 3.43. The smallest absolute Gasteiger partial charge is 0.303 e. The maximum absolute atomic E-state index is 13.7. The third kappa shape index (κ3) is 4.31. The van der Waals surface area contributed by atoms with Crippen molar-refractivity contribution in [3.05, 3.63) is 29.8 Å². The summed E-state index contributed by atoms with van der Waals surface area (Å²) in [7, 11) is 0. The minimum Gasteiger partial charge on any atom is -0.494 e. The third-order valence-corrected chi connectivity index (χ3v) is 2.47. The van der Waals surface area contributed by atoms with E-state index in [1.54, 1.807) is 0 Å². The Morgan fingerprint density at radius 2 is 1.94 bits per heavy atom. The van der Waals surface area contributed by atoms with Crippen LogP contribution in [0.15, 0.2) is 24.3 Å². The number of carboxylic acid groups (broad SMARTS) is 1. The molecule has 0 aliphatic carbocycles. The highest BCUT2D eigenvalue weighted by molar-refractivity contribution is 5.66. The summed E-state index contributed by atoms with van der Waals surface area (Å²) in [6, 6.07) is 5.60. The second-order valence-electron chi connectivity index (χ2n) is 3.91. The fourth-order valence-electron chi connectivity index (χ4n) is 1.57. The molecule has 0 atom stereocenters. The number of rotatable bonds is 7. The first-order valence-corrected chi connectivity index (χ1v) is 5.78. The number of carboxylic acids is 1. The largest absolute Gasteiger partial charge is 0.494 e. The molecule has 1 aromatic rings. The molecule has 5 heteroatoms. The van der Waals surface area contributed by atoms with E-state index < -0.39 is 18.3 Å². The molecule has 1 rings (SSSR count). The van der Waals surface area contributed by atoms with Gasteiger partial charge in [-0.3, -0.25) is 4.79 Å². The number of benzene rings is 1. The first-order valence-electron chi connectivity index (χ1n) is 5.78. The van der Waals surface area contributed by atoms with Gasteiger partial charge < -0.3 is 9.84 Å². The van der Waals surface area contributed by atoms with Gasteiger partial charge in [0.2, 0.25) is 0 Å². The lowest BCUT2D eigenvalue weighted by molar-refractivity contribution is -0.137. The summed E-state index contributed by atoms with van der Waals surface area (Å²) in [5.74, 6) is -3.51. The molecule has 0 heterocycles. The van der Waals surface area contributed by atoms with E-state index >= 15 is 0 Å². The molecular weight excluding hydrogens is 242 g/mol. The van der Waals surface area contributed by atoms with Crippen LogP contribution in [0, 0.1) is 0 Å². The predicted molar refractivity (Wildman–Crippen MR) is 63.0 cm³/mol. The van der Waals surface area contributed by atoms with Gasteiger partial charge in [-0.15, -0.1) is 0 Å². The first kappa shape index (κ1) is 14.4. The van der Waals surface area contributed by atoms with Crippen molar-refractivity contribution in [3.8, 4) is 5.75 Å². The van der Waals surface area contributed by atoms with E-state index in [1.807, 2.05) is 6.92 Å². The van der Waals surface area contributed by atoms with E-state index in [9.17, 15) is 13.6 Å². The number of ether oxygens (including phenoxy) is 1. The van der Waals surface area contributed by atoms with Gasteiger partial charge in [-0.2, -0.15) is 0 Å². The normalized spacial score (nSPS) is 11.3. The van der Waals surface area contributed by atoms with Crippen LogP contribution in [0.1, 0.15) is 31.7 Å². The van der Waals surface area contributed by atoms with Gasteiger partial charge in [0.15, 0.2) is 0 Å². The topological polar surface area (TPSA) is 46.5 Å². The Labute approximate surface area is 104 Å². The van der Waals surface area contributed by atoms with Crippen LogP contribution in [-0.4, -0.2) is 17.7 Å². The van der Waals surface area contributed by atoms with Crippen LogP contribution in [0.3, 0.4) is 0 Å². The molecule has 0 aromatic heterocycles. The quantitative estimate of drug-likeness (QED) is 0.815. The standard InChI is InChI=1S/C13H16F2O3/c1-2-18-11-7-5-10(6-8-11)13(14,15)9-3-4-12(16)17/h5-8H,2-4,9H2,1H3,(H,16,17). The van der Waals surface area contributed by atoms with Crippen LogP contribution in [-0.2, 0) is 10.7 Å². The van der Waals surface area contributed by atoms with Gasteiger partial charge in [0.25, 0.3) is 5.92 Å². The minimum absolute atomic E-state index is 0.0461. The van der Waals surface area contributed by atoms with Crippen molar-refractivity contribution < 1.29 is 23.4 Å². The molecule has 1 N–H and O–H groups in total. The zero-order valence-electron chi connectivity index (χ0n) is 10.2. The highest BCUT2D eigenvalue weighted by Crippen LogP contribution is 2.34. The van der Waals surface area contributed by atoms with Crippen molar-refractivity contribution in [2.75, 3.05) is 6.61 Å². The van der Waals surface area contributed by atoms with Crippen LogP contribution in [0.4, 0.5) is 8.78 Å². The summed E-state index contributed by atoms with van der Waals surface area (Å²) in [5.41, 5.74) is -0.114. The lowest BCUT2D eigenvalue weighted by atomic mass is 10.0. The monoisotopic (exact) mass is 258 g/mol. The van der Waals surface area contributed by atoms with Gasteiger partial charge >= 0.3 is 5.97 Å². The molecule has 1 aromatic carbocycles. The summed E-state index contributed by atoms with van der Waals surface area (Å²) in [6.45, 7) is 2.29. The van der Waals surface area contributed by atoms with E-state index in [4.69, 9.17) is 9.84 Å². The van der Waals surface area contributed by atoms with Crippen molar-refractivity contribution in [2.24, 2.45) is 0 Å². The number of hydrogen-bond donors (Lipinski definition) is 1. The molecule has 0 aliphatic rings. The Morgan fingerprint density at radius 3 is 2.44 bits per heavy atom. The Balaban J connectivity index is 2.63. The Bertz CT molecular complexity index is 388. The lowest BCUT2D eigenvalue weighted by Gasteiger charge is -2.16. The molecule has 100 valence electrons. The average molecular weight is 258 g/mol. The van der Waals surface area contributed by atoms with Crippen LogP contribution in [0.2, 0.25) is 0 Å². The molecule has 0 bridgehead atoms. The van der Waals surface area contributed by atoms with Crippen molar-refractivity contribution in [3.63, 3.8) is 0 Å². The first-order chi connectivity index (χ1) is 8.45. The van der Waals surface area contributed by atoms with Gasteiger partial charge in [0, 0.05) is 18.4 Å². The summed E-state index contributed by atoms with van der Waals surface area (Å²) in [5, 5.41) is 8.41. The van der Waals surface area contributed by atoms with E-state index in [0.29, 0.717) is 12.4 Å². The molecule has 0 spiro atoms. The van der Waals surface area contributed by atoms with Crippen molar-refractivity contribution in [1.29, 1.82) is 0 Å². The molecule has 0 radical (unpaired) electrons. The van der Waals surface area contributed by atoms with Crippen LogP contribution < -0.4 is 4.74 Å². The van der Waals surface area contributed by atoms with Crippen molar-refractivity contribution in [2.45, 2.75) is 32.1 Å². The summed E-state index contributed by atoms with van der Waals surface area (Å²) in [6.07, 6.45) is -0.755. The molecule has 0 amide bonds. The molecule has 0 saturated carbocycles.